The highest BCUT2D eigenvalue weighted by Gasteiger charge is 2.28. The van der Waals surface area contributed by atoms with E-state index in [4.69, 9.17) is 4.74 Å². The van der Waals surface area contributed by atoms with Crippen LogP contribution in [0.4, 0.5) is 9.80 Å². The van der Waals surface area contributed by atoms with Gasteiger partial charge in [-0.25, -0.2) is 4.79 Å². The van der Waals surface area contributed by atoms with Gasteiger partial charge >= 0.3 is 6.09 Å². The fourth-order valence-electron chi connectivity index (χ4n) is 3.35. The number of anilines is 1. The Balaban J connectivity index is 1.61. The molecule has 3 heterocycles. The van der Waals surface area contributed by atoms with E-state index in [-0.39, 0.29) is 12.0 Å². The predicted octanol–water partition coefficient (Wildman–Crippen LogP) is 4.74. The van der Waals surface area contributed by atoms with Gasteiger partial charge in [-0.15, -0.1) is 11.3 Å². The molecule has 0 atom stereocenters. The Morgan fingerprint density at radius 1 is 1.39 bits per heavy atom. The van der Waals surface area contributed by atoms with Crippen LogP contribution in [-0.2, 0) is 22.5 Å². The predicted molar refractivity (Wildman–Crippen MR) is 121 cm³/mol. The minimum Gasteiger partial charge on any atom is -0.449 e. The van der Waals surface area contributed by atoms with Gasteiger partial charge in [0, 0.05) is 29.9 Å². The largest absolute Gasteiger partial charge is 0.449 e. The van der Waals surface area contributed by atoms with E-state index < -0.39 is 0 Å². The lowest BCUT2D eigenvalue weighted by Gasteiger charge is -2.26. The summed E-state index contributed by atoms with van der Waals surface area (Å²) < 4.78 is 5.39. The summed E-state index contributed by atoms with van der Waals surface area (Å²) in [6, 6.07) is 5.85. The van der Waals surface area contributed by atoms with E-state index in [2.05, 4.69) is 23.3 Å². The minimum absolute atomic E-state index is 0.317. The van der Waals surface area contributed by atoms with Crippen LogP contribution in [0.25, 0.3) is 6.08 Å². The molecule has 0 radical (unpaired) electrons. The topological polar surface area (TPSA) is 95.3 Å². The molecule has 1 aliphatic heterocycles. The van der Waals surface area contributed by atoms with Crippen molar-refractivity contribution < 1.29 is 14.3 Å². The van der Waals surface area contributed by atoms with Gasteiger partial charge in [0.2, 0.25) is 5.91 Å². The first kappa shape index (κ1) is 22.5. The number of aromatic nitrogens is 1. The average molecular weight is 439 g/mol. The number of unbranched alkanes of at least 4 members (excludes halogenated alkanes) is 3. The van der Waals surface area contributed by atoms with E-state index >= 15 is 0 Å². The number of hydrogen-bond acceptors (Lipinski definition) is 6. The van der Waals surface area contributed by atoms with Gasteiger partial charge in [0.25, 0.3) is 0 Å². The summed E-state index contributed by atoms with van der Waals surface area (Å²) in [4.78, 5) is 31.3. The quantitative estimate of drug-likeness (QED) is 0.474. The first-order chi connectivity index (χ1) is 15.1. The van der Waals surface area contributed by atoms with E-state index in [0.717, 1.165) is 41.7 Å². The third-order valence-corrected chi connectivity index (χ3v) is 6.13. The molecule has 0 unspecified atom stereocenters. The van der Waals surface area contributed by atoms with Crippen LogP contribution in [0.2, 0.25) is 0 Å². The fourth-order valence-corrected chi connectivity index (χ4v) is 4.56. The lowest BCUT2D eigenvalue weighted by molar-refractivity contribution is -0.111. The zero-order valence-electron chi connectivity index (χ0n) is 17.6. The van der Waals surface area contributed by atoms with Crippen LogP contribution in [0, 0.1) is 11.3 Å². The van der Waals surface area contributed by atoms with Crippen molar-refractivity contribution in [1.29, 1.82) is 5.26 Å². The van der Waals surface area contributed by atoms with Gasteiger partial charge in [0.15, 0.2) is 0 Å². The van der Waals surface area contributed by atoms with E-state index in [1.54, 1.807) is 29.4 Å². The number of ether oxygens (including phenoxy) is 1. The Morgan fingerprint density at radius 3 is 3.00 bits per heavy atom. The summed E-state index contributed by atoms with van der Waals surface area (Å²) in [6.07, 6.45) is 10.9. The van der Waals surface area contributed by atoms with Crippen molar-refractivity contribution in [3.05, 3.63) is 52.2 Å². The minimum atomic E-state index is -0.320. The van der Waals surface area contributed by atoms with Crippen molar-refractivity contribution in [2.24, 2.45) is 0 Å². The van der Waals surface area contributed by atoms with Crippen LogP contribution in [0.5, 0.6) is 0 Å². The SMILES string of the molecule is CCCCCCOC(=O)N1CCc2c(sc(NC(=O)/C=C/c3cccnc3)c2C#N)C1. The molecule has 0 fully saturated rings. The first-order valence-corrected chi connectivity index (χ1v) is 11.3. The summed E-state index contributed by atoms with van der Waals surface area (Å²) in [5, 5.41) is 12.9. The average Bonchev–Trinajstić information content (AvgIpc) is 3.14. The third kappa shape index (κ3) is 6.15. The first-order valence-electron chi connectivity index (χ1n) is 10.5. The molecule has 2 aromatic heterocycles. The van der Waals surface area contributed by atoms with Crippen LogP contribution in [-0.4, -0.2) is 35.0 Å². The van der Waals surface area contributed by atoms with Gasteiger partial charge in [-0.2, -0.15) is 5.26 Å². The zero-order chi connectivity index (χ0) is 22.1. The van der Waals surface area contributed by atoms with E-state index in [0.29, 0.717) is 36.7 Å². The molecule has 0 aliphatic carbocycles. The molecule has 1 aliphatic rings. The molecule has 0 spiro atoms. The van der Waals surface area contributed by atoms with Crippen LogP contribution in [0.1, 0.15) is 54.2 Å². The van der Waals surface area contributed by atoms with Crippen molar-refractivity contribution in [2.75, 3.05) is 18.5 Å². The number of thiophene rings is 1. The van der Waals surface area contributed by atoms with Gasteiger partial charge in [-0.1, -0.05) is 32.3 Å². The summed E-state index contributed by atoms with van der Waals surface area (Å²) in [7, 11) is 0. The Bertz CT molecular complexity index is 979. The van der Waals surface area contributed by atoms with Crippen LogP contribution >= 0.6 is 11.3 Å². The van der Waals surface area contributed by atoms with Crippen LogP contribution < -0.4 is 5.32 Å². The Hall–Kier alpha value is -3.18. The van der Waals surface area contributed by atoms with E-state index in [1.807, 2.05) is 6.07 Å². The maximum absolute atomic E-state index is 12.4. The molecule has 162 valence electrons. The van der Waals surface area contributed by atoms with Gasteiger partial charge < -0.3 is 15.0 Å². The highest BCUT2D eigenvalue weighted by atomic mass is 32.1. The standard InChI is InChI=1S/C23H26N4O3S/c1-2-3-4-5-13-30-23(29)27-12-10-18-19(14-24)22(31-20(18)16-27)26-21(28)9-8-17-7-6-11-25-15-17/h6-9,11,15H,2-5,10,12-13,16H2,1H3,(H,26,28)/b9-8+. The number of rotatable bonds is 8. The van der Waals surface area contributed by atoms with Crippen molar-refractivity contribution in [3.63, 3.8) is 0 Å². The molecule has 2 aromatic rings. The normalized spacial score (nSPS) is 13.0. The van der Waals surface area contributed by atoms with Gasteiger partial charge in [0.1, 0.15) is 11.1 Å². The second-order valence-electron chi connectivity index (χ2n) is 7.28. The molecule has 0 saturated carbocycles. The van der Waals surface area contributed by atoms with Crippen LogP contribution in [0.3, 0.4) is 0 Å². The number of pyridine rings is 1. The Labute approximate surface area is 186 Å². The molecule has 7 nitrogen and oxygen atoms in total. The van der Waals surface area contributed by atoms with Crippen molar-refractivity contribution in [1.82, 2.24) is 9.88 Å². The number of amides is 2. The van der Waals surface area contributed by atoms with E-state index in [9.17, 15) is 14.9 Å². The number of nitrogens with zero attached hydrogens (tertiary/aromatic N) is 3. The molecule has 0 saturated heterocycles. The Kier molecular flexibility index (Phi) is 8.19. The van der Waals surface area contributed by atoms with Crippen molar-refractivity contribution >= 4 is 34.4 Å². The highest BCUT2D eigenvalue weighted by molar-refractivity contribution is 7.16. The summed E-state index contributed by atoms with van der Waals surface area (Å²) in [6.45, 7) is 3.46. The fraction of sp³-hybridized carbons (Fsp3) is 0.391. The molecule has 3 rings (SSSR count). The summed E-state index contributed by atoms with van der Waals surface area (Å²) in [5.41, 5.74) is 2.20. The molecule has 31 heavy (non-hydrogen) atoms. The molecule has 2 amide bonds. The number of nitriles is 1. The number of fused-ring (bicyclic) bond motifs is 1. The molecule has 0 aromatic carbocycles. The number of carbonyl (C=O) groups is 2. The lowest BCUT2D eigenvalue weighted by Crippen LogP contribution is -2.36. The van der Waals surface area contributed by atoms with E-state index in [1.165, 1.54) is 17.4 Å². The van der Waals surface area contributed by atoms with Gasteiger partial charge in [-0.3, -0.25) is 9.78 Å². The lowest BCUT2D eigenvalue weighted by atomic mass is 10.0. The van der Waals surface area contributed by atoms with Gasteiger partial charge in [-0.05, 0) is 36.1 Å². The number of nitrogens with one attached hydrogen (secondary N) is 1. The zero-order valence-corrected chi connectivity index (χ0v) is 18.4. The highest BCUT2D eigenvalue weighted by Crippen LogP contribution is 2.36. The second-order valence-corrected chi connectivity index (χ2v) is 8.38. The van der Waals surface area contributed by atoms with Crippen molar-refractivity contribution in [2.45, 2.75) is 45.6 Å². The maximum atomic E-state index is 12.4. The summed E-state index contributed by atoms with van der Waals surface area (Å²) >= 11 is 1.34. The van der Waals surface area contributed by atoms with Gasteiger partial charge in [0.05, 0.1) is 18.7 Å². The molecular formula is C23H26N4O3S. The third-order valence-electron chi connectivity index (χ3n) is 5.00. The summed E-state index contributed by atoms with van der Waals surface area (Å²) in [5.74, 6) is -0.317. The monoisotopic (exact) mass is 438 g/mol. The van der Waals surface area contributed by atoms with Crippen molar-refractivity contribution in [3.8, 4) is 6.07 Å². The smallest absolute Gasteiger partial charge is 0.410 e. The van der Waals surface area contributed by atoms with Crippen LogP contribution in [0.15, 0.2) is 30.6 Å². The molecule has 1 N–H and O–H groups in total. The number of hydrogen-bond donors (Lipinski definition) is 1. The molecule has 0 bridgehead atoms. The number of carbonyl (C=O) groups excluding carboxylic acids is 2. The Morgan fingerprint density at radius 2 is 2.26 bits per heavy atom. The molecule has 8 heteroatoms. The maximum Gasteiger partial charge on any atom is 0.410 e. The molecular weight excluding hydrogens is 412 g/mol. The second kappa shape index (κ2) is 11.3.